The summed E-state index contributed by atoms with van der Waals surface area (Å²) < 4.78 is 28.6. The largest absolute Gasteiger partial charge is 0.348 e. The summed E-state index contributed by atoms with van der Waals surface area (Å²) in [6.45, 7) is 4.87. The quantitative estimate of drug-likeness (QED) is 0.633. The number of nitrogens with zero attached hydrogens (tertiary/aromatic N) is 2. The van der Waals surface area contributed by atoms with Gasteiger partial charge in [0.15, 0.2) is 0 Å². The minimum Gasteiger partial charge on any atom is -0.348 e. The number of hydrogen-bond acceptors (Lipinski definition) is 4. The van der Waals surface area contributed by atoms with E-state index >= 15 is 0 Å². The van der Waals surface area contributed by atoms with E-state index in [1.807, 2.05) is 19.1 Å². The van der Waals surface area contributed by atoms with Gasteiger partial charge in [-0.3, -0.25) is 9.52 Å². The lowest BCUT2D eigenvalue weighted by Crippen LogP contribution is -2.39. The van der Waals surface area contributed by atoms with Gasteiger partial charge in [-0.05, 0) is 56.5 Å². The first-order valence-corrected chi connectivity index (χ1v) is 11.8. The van der Waals surface area contributed by atoms with Gasteiger partial charge < -0.3 is 9.88 Å². The number of likely N-dealkylation sites (tertiary alicyclic amines) is 1. The molecular formula is C23H26N4O3S. The van der Waals surface area contributed by atoms with Crippen LogP contribution in [0.3, 0.4) is 0 Å². The summed E-state index contributed by atoms with van der Waals surface area (Å²) in [5, 5.41) is 0. The van der Waals surface area contributed by atoms with Crippen molar-refractivity contribution in [1.82, 2.24) is 14.9 Å². The van der Waals surface area contributed by atoms with Gasteiger partial charge in [-0.25, -0.2) is 13.4 Å². The molecule has 2 N–H and O–H groups in total. The Morgan fingerprint density at radius 1 is 1.16 bits per heavy atom. The monoisotopic (exact) mass is 438 g/mol. The smallest absolute Gasteiger partial charge is 0.262 e. The average molecular weight is 439 g/mol. The number of anilines is 1. The highest BCUT2D eigenvalue weighted by Crippen LogP contribution is 2.27. The SMILES string of the molecule is Cc1ccc(NS(=O)(=O)c2cc(C(=O)N3CCCC(c4ncc[nH]4)C3)ccc2C)cc1. The van der Waals surface area contributed by atoms with Crippen molar-refractivity contribution in [3.05, 3.63) is 77.4 Å². The Morgan fingerprint density at radius 2 is 1.94 bits per heavy atom. The van der Waals surface area contributed by atoms with Crippen molar-refractivity contribution >= 4 is 21.6 Å². The number of nitrogens with one attached hydrogen (secondary N) is 2. The van der Waals surface area contributed by atoms with Gasteiger partial charge in [-0.1, -0.05) is 23.8 Å². The molecule has 0 aliphatic carbocycles. The van der Waals surface area contributed by atoms with Gasteiger partial charge >= 0.3 is 0 Å². The fraction of sp³-hybridized carbons (Fsp3) is 0.304. The van der Waals surface area contributed by atoms with Crippen molar-refractivity contribution in [2.45, 2.75) is 37.5 Å². The molecule has 2 heterocycles. The van der Waals surface area contributed by atoms with Crippen LogP contribution in [0.1, 0.15) is 46.1 Å². The molecule has 0 bridgehead atoms. The minimum atomic E-state index is -3.83. The van der Waals surface area contributed by atoms with Gasteiger partial charge in [0.2, 0.25) is 0 Å². The number of carbonyl (C=O) groups excluding carboxylic acids is 1. The van der Waals surface area contributed by atoms with Crippen LogP contribution in [-0.4, -0.2) is 42.3 Å². The number of aryl methyl sites for hydroxylation is 2. The van der Waals surface area contributed by atoms with Gasteiger partial charge in [0, 0.05) is 42.7 Å². The number of piperidine rings is 1. The third-order valence-electron chi connectivity index (χ3n) is 5.64. The molecule has 1 amide bonds. The molecular weight excluding hydrogens is 412 g/mol. The predicted molar refractivity (Wildman–Crippen MR) is 120 cm³/mol. The molecule has 1 atom stereocenters. The summed E-state index contributed by atoms with van der Waals surface area (Å²) in [5.41, 5.74) is 2.48. The molecule has 1 unspecified atom stereocenters. The maximum atomic E-state index is 13.2. The van der Waals surface area contributed by atoms with E-state index in [-0.39, 0.29) is 16.7 Å². The summed E-state index contributed by atoms with van der Waals surface area (Å²) in [7, 11) is -3.83. The first-order chi connectivity index (χ1) is 14.8. The highest BCUT2D eigenvalue weighted by atomic mass is 32.2. The van der Waals surface area contributed by atoms with E-state index in [2.05, 4.69) is 14.7 Å². The standard InChI is InChI=1S/C23H26N4O3S/c1-16-5-9-20(10-6-16)26-31(29,30)21-14-18(8-7-17(21)2)23(28)27-13-3-4-19(15-27)22-24-11-12-25-22/h5-12,14,19,26H,3-4,13,15H2,1-2H3,(H,24,25). The second-order valence-electron chi connectivity index (χ2n) is 8.02. The number of sulfonamides is 1. The number of H-pyrrole nitrogens is 1. The number of carbonyl (C=O) groups is 1. The Kier molecular flexibility index (Phi) is 5.82. The first kappa shape index (κ1) is 21.1. The lowest BCUT2D eigenvalue weighted by Gasteiger charge is -2.32. The van der Waals surface area contributed by atoms with Crippen molar-refractivity contribution in [3.8, 4) is 0 Å². The Morgan fingerprint density at radius 3 is 2.65 bits per heavy atom. The highest BCUT2D eigenvalue weighted by molar-refractivity contribution is 7.92. The van der Waals surface area contributed by atoms with Crippen LogP contribution >= 0.6 is 0 Å². The van der Waals surface area contributed by atoms with Crippen LogP contribution in [0.4, 0.5) is 5.69 Å². The average Bonchev–Trinajstić information content (AvgIpc) is 3.30. The Bertz CT molecular complexity index is 1170. The van der Waals surface area contributed by atoms with Gasteiger partial charge in [-0.15, -0.1) is 0 Å². The van der Waals surface area contributed by atoms with Crippen molar-refractivity contribution in [2.24, 2.45) is 0 Å². The summed E-state index contributed by atoms with van der Waals surface area (Å²) in [6, 6.07) is 12.0. The Hall–Kier alpha value is -3.13. The molecule has 162 valence electrons. The summed E-state index contributed by atoms with van der Waals surface area (Å²) in [6.07, 6.45) is 5.34. The fourth-order valence-electron chi connectivity index (χ4n) is 3.92. The van der Waals surface area contributed by atoms with E-state index < -0.39 is 10.0 Å². The zero-order chi connectivity index (χ0) is 22.0. The maximum Gasteiger partial charge on any atom is 0.262 e. The Balaban J connectivity index is 1.56. The molecule has 1 aliphatic rings. The third kappa shape index (κ3) is 4.64. The van der Waals surface area contributed by atoms with Crippen LogP contribution in [0, 0.1) is 13.8 Å². The van der Waals surface area contributed by atoms with E-state index in [1.165, 1.54) is 6.07 Å². The van der Waals surface area contributed by atoms with Crippen LogP contribution in [0.15, 0.2) is 59.8 Å². The van der Waals surface area contributed by atoms with Crippen molar-refractivity contribution in [3.63, 3.8) is 0 Å². The number of benzene rings is 2. The van der Waals surface area contributed by atoms with Crippen molar-refractivity contribution in [2.75, 3.05) is 17.8 Å². The summed E-state index contributed by atoms with van der Waals surface area (Å²) in [5.74, 6) is 0.875. The normalized spacial score (nSPS) is 16.8. The van der Waals surface area contributed by atoms with Gasteiger partial charge in [0.05, 0.1) is 4.90 Å². The molecule has 3 aromatic rings. The molecule has 1 aromatic heterocycles. The van der Waals surface area contributed by atoms with Crippen LogP contribution < -0.4 is 4.72 Å². The molecule has 7 nitrogen and oxygen atoms in total. The zero-order valence-electron chi connectivity index (χ0n) is 17.6. The zero-order valence-corrected chi connectivity index (χ0v) is 18.4. The van der Waals surface area contributed by atoms with E-state index in [0.717, 1.165) is 24.2 Å². The van der Waals surface area contributed by atoms with Gasteiger partial charge in [0.1, 0.15) is 5.82 Å². The fourth-order valence-corrected chi connectivity index (χ4v) is 5.25. The number of imidazole rings is 1. The number of rotatable bonds is 5. The number of amides is 1. The summed E-state index contributed by atoms with van der Waals surface area (Å²) in [4.78, 5) is 22.5. The van der Waals surface area contributed by atoms with E-state index in [1.54, 1.807) is 48.5 Å². The van der Waals surface area contributed by atoms with E-state index in [0.29, 0.717) is 29.9 Å². The maximum absolute atomic E-state index is 13.2. The number of aromatic nitrogens is 2. The predicted octanol–water partition coefficient (Wildman–Crippen LogP) is 3.85. The van der Waals surface area contributed by atoms with Crippen LogP contribution in [-0.2, 0) is 10.0 Å². The minimum absolute atomic E-state index is 0.110. The number of aromatic amines is 1. The molecule has 1 fully saturated rings. The molecule has 0 spiro atoms. The molecule has 0 saturated carbocycles. The highest BCUT2D eigenvalue weighted by Gasteiger charge is 2.28. The molecule has 0 radical (unpaired) electrons. The number of hydrogen-bond donors (Lipinski definition) is 2. The van der Waals surface area contributed by atoms with Crippen molar-refractivity contribution < 1.29 is 13.2 Å². The van der Waals surface area contributed by atoms with Crippen LogP contribution in [0.25, 0.3) is 0 Å². The Labute approximate surface area is 182 Å². The van der Waals surface area contributed by atoms with E-state index in [9.17, 15) is 13.2 Å². The van der Waals surface area contributed by atoms with Crippen LogP contribution in [0.5, 0.6) is 0 Å². The summed E-state index contributed by atoms with van der Waals surface area (Å²) >= 11 is 0. The van der Waals surface area contributed by atoms with Gasteiger partial charge in [0.25, 0.3) is 15.9 Å². The molecule has 1 saturated heterocycles. The molecule has 2 aromatic carbocycles. The van der Waals surface area contributed by atoms with Gasteiger partial charge in [-0.2, -0.15) is 0 Å². The van der Waals surface area contributed by atoms with Crippen molar-refractivity contribution in [1.29, 1.82) is 0 Å². The topological polar surface area (TPSA) is 95.2 Å². The molecule has 4 rings (SSSR count). The molecule has 1 aliphatic heterocycles. The first-order valence-electron chi connectivity index (χ1n) is 10.3. The van der Waals surface area contributed by atoms with Crippen LogP contribution in [0.2, 0.25) is 0 Å². The second kappa shape index (κ2) is 8.55. The molecule has 31 heavy (non-hydrogen) atoms. The lowest BCUT2D eigenvalue weighted by atomic mass is 9.96. The third-order valence-corrected chi connectivity index (χ3v) is 7.17. The second-order valence-corrected chi connectivity index (χ2v) is 9.67. The lowest BCUT2D eigenvalue weighted by molar-refractivity contribution is 0.0704. The van der Waals surface area contributed by atoms with E-state index in [4.69, 9.17) is 0 Å². The molecule has 8 heteroatoms.